The summed E-state index contributed by atoms with van der Waals surface area (Å²) in [7, 11) is 0. The van der Waals surface area contributed by atoms with Gasteiger partial charge in [-0.05, 0) is 37.1 Å². The molecular formula is C22H29FN2O6. The third-order valence-corrected chi connectivity index (χ3v) is 6.10. The normalized spacial score (nSPS) is 29.6. The SMILES string of the molecule is O=C(C[C@@H]1CC[C@@H]2[C@H](COC[C@@H](O)CN2C(=O)c2ccc(F)cc2)O1)N1CCOCC1. The number of carbonyl (C=O) groups is 2. The Morgan fingerprint density at radius 3 is 2.55 bits per heavy atom. The molecule has 4 rings (SSSR count). The van der Waals surface area contributed by atoms with Crippen LogP contribution >= 0.6 is 0 Å². The highest BCUT2D eigenvalue weighted by Gasteiger charge is 2.40. The zero-order chi connectivity index (χ0) is 21.8. The van der Waals surface area contributed by atoms with Crippen molar-refractivity contribution in [2.24, 2.45) is 0 Å². The third kappa shape index (κ3) is 5.41. The number of benzene rings is 1. The molecule has 31 heavy (non-hydrogen) atoms. The molecule has 3 saturated heterocycles. The van der Waals surface area contributed by atoms with E-state index in [2.05, 4.69) is 0 Å². The van der Waals surface area contributed by atoms with E-state index in [1.165, 1.54) is 24.3 Å². The van der Waals surface area contributed by atoms with Gasteiger partial charge in [-0.1, -0.05) is 0 Å². The molecule has 0 spiro atoms. The van der Waals surface area contributed by atoms with Crippen LogP contribution in [0.25, 0.3) is 0 Å². The summed E-state index contributed by atoms with van der Waals surface area (Å²) in [6, 6.07) is 5.10. The van der Waals surface area contributed by atoms with Crippen LogP contribution in [-0.4, -0.2) is 97.1 Å². The lowest BCUT2D eigenvalue weighted by atomic mass is 9.94. The molecule has 4 atom stereocenters. The van der Waals surface area contributed by atoms with Crippen LogP contribution in [0.1, 0.15) is 29.6 Å². The maximum absolute atomic E-state index is 13.3. The van der Waals surface area contributed by atoms with E-state index in [4.69, 9.17) is 14.2 Å². The van der Waals surface area contributed by atoms with E-state index in [-0.39, 0.29) is 50.1 Å². The van der Waals surface area contributed by atoms with Crippen molar-refractivity contribution in [1.82, 2.24) is 9.80 Å². The van der Waals surface area contributed by atoms with Gasteiger partial charge in [0.25, 0.3) is 5.91 Å². The van der Waals surface area contributed by atoms with Gasteiger partial charge in [0, 0.05) is 25.2 Å². The number of carbonyl (C=O) groups excluding carboxylic acids is 2. The minimum absolute atomic E-state index is 0.0492. The molecule has 0 aromatic heterocycles. The minimum Gasteiger partial charge on any atom is -0.389 e. The first kappa shape index (κ1) is 22.1. The fourth-order valence-corrected chi connectivity index (χ4v) is 4.47. The highest BCUT2D eigenvalue weighted by Crippen LogP contribution is 2.29. The van der Waals surface area contributed by atoms with Gasteiger partial charge < -0.3 is 29.1 Å². The summed E-state index contributed by atoms with van der Waals surface area (Å²) >= 11 is 0. The molecule has 0 aliphatic carbocycles. The fraction of sp³-hybridized carbons (Fsp3) is 0.636. The second-order valence-corrected chi connectivity index (χ2v) is 8.29. The van der Waals surface area contributed by atoms with Gasteiger partial charge in [0.15, 0.2) is 0 Å². The lowest BCUT2D eigenvalue weighted by molar-refractivity contribution is -0.156. The molecule has 1 aromatic rings. The zero-order valence-corrected chi connectivity index (χ0v) is 17.5. The first-order chi connectivity index (χ1) is 15.0. The first-order valence-corrected chi connectivity index (χ1v) is 10.8. The van der Waals surface area contributed by atoms with Crippen molar-refractivity contribution in [2.45, 2.75) is 43.6 Å². The Hall–Kier alpha value is -2.07. The lowest BCUT2D eigenvalue weighted by Gasteiger charge is -2.44. The Kier molecular flexibility index (Phi) is 7.16. The van der Waals surface area contributed by atoms with Gasteiger partial charge in [-0.2, -0.15) is 0 Å². The van der Waals surface area contributed by atoms with E-state index in [1.807, 2.05) is 0 Å². The van der Waals surface area contributed by atoms with E-state index in [9.17, 15) is 19.1 Å². The summed E-state index contributed by atoms with van der Waals surface area (Å²) in [5.74, 6) is -0.639. The van der Waals surface area contributed by atoms with Crippen molar-refractivity contribution in [3.63, 3.8) is 0 Å². The molecule has 3 heterocycles. The van der Waals surface area contributed by atoms with Crippen molar-refractivity contribution in [3.05, 3.63) is 35.6 Å². The smallest absolute Gasteiger partial charge is 0.254 e. The Labute approximate surface area is 180 Å². The zero-order valence-electron chi connectivity index (χ0n) is 17.5. The fourth-order valence-electron chi connectivity index (χ4n) is 4.47. The van der Waals surface area contributed by atoms with Gasteiger partial charge in [-0.15, -0.1) is 0 Å². The second kappa shape index (κ2) is 10.0. The molecule has 3 aliphatic rings. The van der Waals surface area contributed by atoms with Crippen molar-refractivity contribution in [2.75, 3.05) is 46.1 Å². The minimum atomic E-state index is -0.814. The van der Waals surface area contributed by atoms with Gasteiger partial charge in [-0.25, -0.2) is 4.39 Å². The molecule has 3 aliphatic heterocycles. The van der Waals surface area contributed by atoms with Gasteiger partial charge >= 0.3 is 0 Å². The second-order valence-electron chi connectivity index (χ2n) is 8.29. The molecule has 170 valence electrons. The predicted molar refractivity (Wildman–Crippen MR) is 108 cm³/mol. The summed E-state index contributed by atoms with van der Waals surface area (Å²) in [4.78, 5) is 29.2. The van der Waals surface area contributed by atoms with Crippen LogP contribution < -0.4 is 0 Å². The summed E-state index contributed by atoms with van der Waals surface area (Å²) in [5, 5.41) is 10.2. The van der Waals surface area contributed by atoms with Gasteiger partial charge in [-0.3, -0.25) is 9.59 Å². The largest absolute Gasteiger partial charge is 0.389 e. The van der Waals surface area contributed by atoms with Crippen LogP contribution in [0.15, 0.2) is 24.3 Å². The standard InChI is InChI=1S/C22H29FN2O6/c23-16-3-1-15(2-4-16)22(28)25-12-17(26)13-30-14-20-19(25)6-5-18(31-20)11-21(27)24-7-9-29-10-8-24/h1-4,17-20,26H,5-14H2/t17-,18-,19+,20-/m0/s1. The summed E-state index contributed by atoms with van der Waals surface area (Å²) < 4.78 is 30.4. The number of ether oxygens (including phenoxy) is 3. The third-order valence-electron chi connectivity index (χ3n) is 6.10. The average Bonchev–Trinajstić information content (AvgIpc) is 2.77. The van der Waals surface area contributed by atoms with Crippen LogP contribution in [0.5, 0.6) is 0 Å². The van der Waals surface area contributed by atoms with Gasteiger partial charge in [0.05, 0.1) is 51.1 Å². The number of nitrogens with zero attached hydrogens (tertiary/aromatic N) is 2. The number of amides is 2. The molecule has 3 fully saturated rings. The van der Waals surface area contributed by atoms with Crippen LogP contribution in [0.2, 0.25) is 0 Å². The Bertz CT molecular complexity index is 770. The van der Waals surface area contributed by atoms with Crippen LogP contribution in [0, 0.1) is 5.82 Å². The Morgan fingerprint density at radius 1 is 1.06 bits per heavy atom. The number of morpholine rings is 1. The molecular weight excluding hydrogens is 407 g/mol. The number of aliphatic hydroxyl groups excluding tert-OH is 1. The number of halogens is 1. The molecule has 9 heteroatoms. The number of hydrogen-bond acceptors (Lipinski definition) is 6. The van der Waals surface area contributed by atoms with Gasteiger partial charge in [0.2, 0.25) is 5.91 Å². The maximum atomic E-state index is 13.3. The number of hydrogen-bond donors (Lipinski definition) is 1. The topological polar surface area (TPSA) is 88.5 Å². The number of fused-ring (bicyclic) bond motifs is 1. The first-order valence-electron chi connectivity index (χ1n) is 10.8. The average molecular weight is 436 g/mol. The molecule has 1 N–H and O–H groups in total. The van der Waals surface area contributed by atoms with E-state index in [1.54, 1.807) is 9.80 Å². The molecule has 0 saturated carbocycles. The summed E-state index contributed by atoms with van der Waals surface area (Å²) in [5.41, 5.74) is 0.360. The molecule has 2 amide bonds. The van der Waals surface area contributed by atoms with E-state index in [0.717, 1.165) is 0 Å². The number of β-amino-alcohol motifs (C(OH)–C–C–N with tert-alkyl or cyclic N) is 1. The highest BCUT2D eigenvalue weighted by atomic mass is 19.1. The van der Waals surface area contributed by atoms with Crippen LogP contribution in [-0.2, 0) is 19.0 Å². The quantitative estimate of drug-likeness (QED) is 0.755. The van der Waals surface area contributed by atoms with Crippen molar-refractivity contribution in [3.8, 4) is 0 Å². The molecule has 0 unspecified atom stereocenters. The maximum Gasteiger partial charge on any atom is 0.254 e. The highest BCUT2D eigenvalue weighted by molar-refractivity contribution is 5.94. The van der Waals surface area contributed by atoms with Gasteiger partial charge in [0.1, 0.15) is 11.9 Å². The number of aliphatic hydroxyl groups is 1. The number of rotatable bonds is 3. The molecule has 0 bridgehead atoms. The molecule has 1 aromatic carbocycles. The summed E-state index contributed by atoms with van der Waals surface area (Å²) in [6.07, 6.45) is 0.0963. The lowest BCUT2D eigenvalue weighted by Crippen LogP contribution is -2.57. The van der Waals surface area contributed by atoms with Crippen LogP contribution in [0.3, 0.4) is 0 Å². The van der Waals surface area contributed by atoms with Crippen molar-refractivity contribution in [1.29, 1.82) is 0 Å². The predicted octanol–water partition coefficient (Wildman–Crippen LogP) is 0.824. The Balaban J connectivity index is 1.44. The van der Waals surface area contributed by atoms with Crippen molar-refractivity contribution < 1.29 is 33.3 Å². The van der Waals surface area contributed by atoms with E-state index < -0.39 is 18.0 Å². The van der Waals surface area contributed by atoms with E-state index in [0.29, 0.717) is 44.7 Å². The summed E-state index contributed by atoms with van der Waals surface area (Å²) in [6.45, 7) is 2.74. The molecule has 8 nitrogen and oxygen atoms in total. The Morgan fingerprint density at radius 2 is 1.81 bits per heavy atom. The van der Waals surface area contributed by atoms with Crippen LogP contribution in [0.4, 0.5) is 4.39 Å². The molecule has 0 radical (unpaired) electrons. The van der Waals surface area contributed by atoms with E-state index >= 15 is 0 Å². The monoisotopic (exact) mass is 436 g/mol. The van der Waals surface area contributed by atoms with Crippen molar-refractivity contribution >= 4 is 11.8 Å².